The van der Waals surface area contributed by atoms with Crippen LogP contribution < -0.4 is 24.3 Å². The highest BCUT2D eigenvalue weighted by Gasteiger charge is 2.16. The zero-order chi connectivity index (χ0) is 20.8. The van der Waals surface area contributed by atoms with Gasteiger partial charge in [-0.25, -0.2) is 0 Å². The van der Waals surface area contributed by atoms with Crippen LogP contribution in [0.15, 0.2) is 40.4 Å². The van der Waals surface area contributed by atoms with Crippen LogP contribution in [-0.2, 0) is 4.79 Å². The minimum absolute atomic E-state index is 0.0574. The highest BCUT2D eigenvalue weighted by Crippen LogP contribution is 2.37. The Kier molecular flexibility index (Phi) is 6.62. The number of ether oxygens (including phenoxy) is 4. The molecule has 0 unspecified atom stereocenters. The smallest absolute Gasteiger partial charge is 0.266 e. The summed E-state index contributed by atoms with van der Waals surface area (Å²) in [5.41, 5.74) is 1.06. The molecule has 0 fully saturated rings. The SMILES string of the molecule is CCOc1c(Br)cc(/C=C(\C#N)C(=O)Nc2ccc3c(c2)OCCO3)cc1OC. The molecule has 0 spiro atoms. The molecule has 0 aromatic heterocycles. The molecule has 0 bridgehead atoms. The normalized spacial score (nSPS) is 12.7. The Morgan fingerprint density at radius 1 is 1.28 bits per heavy atom. The van der Waals surface area contributed by atoms with Crippen LogP contribution in [-0.4, -0.2) is 32.8 Å². The van der Waals surface area contributed by atoms with E-state index in [1.807, 2.05) is 13.0 Å². The van der Waals surface area contributed by atoms with Gasteiger partial charge < -0.3 is 24.3 Å². The molecule has 0 radical (unpaired) electrons. The lowest BCUT2D eigenvalue weighted by Gasteiger charge is -2.19. The Bertz CT molecular complexity index is 997. The predicted molar refractivity (Wildman–Crippen MR) is 112 cm³/mol. The first-order chi connectivity index (χ1) is 14.0. The van der Waals surface area contributed by atoms with Gasteiger partial charge in [0.25, 0.3) is 5.91 Å². The second-order valence-electron chi connectivity index (χ2n) is 5.95. The Labute approximate surface area is 177 Å². The molecular formula is C21H19BrN2O5. The average Bonchev–Trinajstić information content (AvgIpc) is 2.73. The summed E-state index contributed by atoms with van der Waals surface area (Å²) in [5.74, 6) is 1.70. The molecule has 2 aromatic carbocycles. The van der Waals surface area contributed by atoms with E-state index in [4.69, 9.17) is 18.9 Å². The molecule has 150 valence electrons. The maximum absolute atomic E-state index is 12.6. The summed E-state index contributed by atoms with van der Waals surface area (Å²) in [6.07, 6.45) is 1.48. The fourth-order valence-electron chi connectivity index (χ4n) is 2.74. The second-order valence-corrected chi connectivity index (χ2v) is 6.80. The minimum atomic E-state index is -0.534. The van der Waals surface area contributed by atoms with Gasteiger partial charge in [-0.15, -0.1) is 0 Å². The molecule has 1 aliphatic rings. The van der Waals surface area contributed by atoms with E-state index in [-0.39, 0.29) is 5.57 Å². The van der Waals surface area contributed by atoms with Crippen LogP contribution in [0.3, 0.4) is 0 Å². The number of carbonyl (C=O) groups excluding carboxylic acids is 1. The first-order valence-electron chi connectivity index (χ1n) is 8.88. The van der Waals surface area contributed by atoms with Crippen LogP contribution in [0.5, 0.6) is 23.0 Å². The largest absolute Gasteiger partial charge is 0.493 e. The number of fused-ring (bicyclic) bond motifs is 1. The van der Waals surface area contributed by atoms with Crippen molar-refractivity contribution in [2.24, 2.45) is 0 Å². The van der Waals surface area contributed by atoms with Crippen LogP contribution >= 0.6 is 15.9 Å². The van der Waals surface area contributed by atoms with E-state index in [0.717, 1.165) is 0 Å². The molecule has 29 heavy (non-hydrogen) atoms. The molecule has 0 atom stereocenters. The minimum Gasteiger partial charge on any atom is -0.493 e. The Morgan fingerprint density at radius 2 is 2.03 bits per heavy atom. The van der Waals surface area contributed by atoms with Gasteiger partial charge in [-0.1, -0.05) is 0 Å². The predicted octanol–water partition coefficient (Wildman–Crippen LogP) is 4.17. The summed E-state index contributed by atoms with van der Waals surface area (Å²) in [6, 6.07) is 10.5. The van der Waals surface area contributed by atoms with Crippen molar-refractivity contribution in [1.29, 1.82) is 5.26 Å². The summed E-state index contributed by atoms with van der Waals surface area (Å²) in [4.78, 5) is 12.6. The number of anilines is 1. The van der Waals surface area contributed by atoms with Crippen molar-refractivity contribution in [2.45, 2.75) is 6.92 Å². The van der Waals surface area contributed by atoms with Gasteiger partial charge in [0.05, 0.1) is 18.2 Å². The monoisotopic (exact) mass is 458 g/mol. The molecule has 8 heteroatoms. The third-order valence-corrected chi connectivity index (χ3v) is 4.61. The van der Waals surface area contributed by atoms with Gasteiger partial charge in [0.1, 0.15) is 24.9 Å². The van der Waals surface area contributed by atoms with E-state index in [1.54, 1.807) is 30.3 Å². The highest BCUT2D eigenvalue weighted by atomic mass is 79.9. The molecule has 1 heterocycles. The molecule has 1 aliphatic heterocycles. The number of nitriles is 1. The van der Waals surface area contributed by atoms with Crippen LogP contribution in [0, 0.1) is 11.3 Å². The van der Waals surface area contributed by atoms with E-state index < -0.39 is 5.91 Å². The molecule has 1 N–H and O–H groups in total. The van der Waals surface area contributed by atoms with Gasteiger partial charge in [0.2, 0.25) is 0 Å². The third-order valence-electron chi connectivity index (χ3n) is 4.02. The first kappa shape index (κ1) is 20.6. The number of methoxy groups -OCH3 is 1. The molecular weight excluding hydrogens is 440 g/mol. The lowest BCUT2D eigenvalue weighted by Crippen LogP contribution is -2.17. The number of rotatable bonds is 6. The molecule has 0 aliphatic carbocycles. The third kappa shape index (κ3) is 4.81. The number of benzene rings is 2. The van der Waals surface area contributed by atoms with Gasteiger partial charge in [-0.05, 0) is 58.8 Å². The van der Waals surface area contributed by atoms with Crippen molar-refractivity contribution in [3.05, 3.63) is 45.9 Å². The first-order valence-corrected chi connectivity index (χ1v) is 9.68. The average molecular weight is 459 g/mol. The van der Waals surface area contributed by atoms with E-state index in [0.29, 0.717) is 58.5 Å². The van der Waals surface area contributed by atoms with E-state index >= 15 is 0 Å². The Morgan fingerprint density at radius 3 is 2.72 bits per heavy atom. The fraction of sp³-hybridized carbons (Fsp3) is 0.238. The van der Waals surface area contributed by atoms with E-state index in [1.165, 1.54) is 13.2 Å². The van der Waals surface area contributed by atoms with E-state index in [9.17, 15) is 10.1 Å². The number of hydrogen-bond donors (Lipinski definition) is 1. The summed E-state index contributed by atoms with van der Waals surface area (Å²) in [7, 11) is 1.53. The number of nitrogens with one attached hydrogen (secondary N) is 1. The van der Waals surface area contributed by atoms with Crippen molar-refractivity contribution < 1.29 is 23.7 Å². The van der Waals surface area contributed by atoms with Crippen molar-refractivity contribution in [3.8, 4) is 29.1 Å². The number of amides is 1. The van der Waals surface area contributed by atoms with E-state index in [2.05, 4.69) is 21.2 Å². The lowest BCUT2D eigenvalue weighted by molar-refractivity contribution is -0.112. The summed E-state index contributed by atoms with van der Waals surface area (Å²) in [5, 5.41) is 12.2. The summed E-state index contributed by atoms with van der Waals surface area (Å²) >= 11 is 3.43. The number of nitrogens with zero attached hydrogens (tertiary/aromatic N) is 1. The van der Waals surface area contributed by atoms with Gasteiger partial charge in [-0.3, -0.25) is 4.79 Å². The Balaban J connectivity index is 1.83. The van der Waals surface area contributed by atoms with Crippen LogP contribution in [0.1, 0.15) is 12.5 Å². The van der Waals surface area contributed by atoms with Crippen molar-refractivity contribution in [3.63, 3.8) is 0 Å². The van der Waals surface area contributed by atoms with Gasteiger partial charge in [-0.2, -0.15) is 5.26 Å². The summed E-state index contributed by atoms with van der Waals surface area (Å²) in [6.45, 7) is 3.28. The lowest BCUT2D eigenvalue weighted by atomic mass is 10.1. The van der Waals surface area contributed by atoms with Crippen molar-refractivity contribution >= 4 is 33.6 Å². The maximum atomic E-state index is 12.6. The summed E-state index contributed by atoms with van der Waals surface area (Å²) < 4.78 is 22.5. The molecule has 7 nitrogen and oxygen atoms in total. The fourth-order valence-corrected chi connectivity index (χ4v) is 3.32. The van der Waals surface area contributed by atoms with Crippen LogP contribution in [0.4, 0.5) is 5.69 Å². The quantitative estimate of drug-likeness (QED) is 0.515. The topological polar surface area (TPSA) is 89.8 Å². The maximum Gasteiger partial charge on any atom is 0.266 e. The zero-order valence-corrected chi connectivity index (χ0v) is 17.5. The van der Waals surface area contributed by atoms with Gasteiger partial charge in [0.15, 0.2) is 23.0 Å². The highest BCUT2D eigenvalue weighted by molar-refractivity contribution is 9.10. The van der Waals surface area contributed by atoms with Crippen molar-refractivity contribution in [2.75, 3.05) is 32.2 Å². The van der Waals surface area contributed by atoms with Crippen molar-refractivity contribution in [1.82, 2.24) is 0 Å². The molecule has 3 rings (SSSR count). The molecule has 2 aromatic rings. The van der Waals surface area contributed by atoms with Gasteiger partial charge >= 0.3 is 0 Å². The number of hydrogen-bond acceptors (Lipinski definition) is 6. The zero-order valence-electron chi connectivity index (χ0n) is 16.0. The Hall–Kier alpha value is -3.18. The standard InChI is InChI=1S/C21H19BrN2O5/c1-3-27-20-16(22)9-13(10-19(20)26-2)8-14(12-23)21(25)24-15-4-5-17-18(11-15)29-7-6-28-17/h4-5,8-11H,3,6-7H2,1-2H3,(H,24,25)/b14-8+. The number of halogens is 1. The molecule has 1 amide bonds. The molecule has 0 saturated heterocycles. The van der Waals surface area contributed by atoms with Gasteiger partial charge in [0, 0.05) is 11.8 Å². The van der Waals surface area contributed by atoms with Crippen LogP contribution in [0.2, 0.25) is 0 Å². The second kappa shape index (κ2) is 9.34. The molecule has 0 saturated carbocycles. The van der Waals surface area contributed by atoms with Crippen LogP contribution in [0.25, 0.3) is 6.08 Å². The number of carbonyl (C=O) groups is 1.